The topological polar surface area (TPSA) is 140 Å². The first kappa shape index (κ1) is 29.2. The molecule has 40 heavy (non-hydrogen) atoms. The molecule has 1 fully saturated rings. The van der Waals surface area contributed by atoms with Crippen LogP contribution in [0, 0.1) is 12.3 Å². The Morgan fingerprint density at radius 2 is 2.02 bits per heavy atom. The Balaban J connectivity index is 1.70. The van der Waals surface area contributed by atoms with Crippen molar-refractivity contribution in [2.24, 2.45) is 5.41 Å². The molecule has 2 unspecified atom stereocenters. The van der Waals surface area contributed by atoms with Gasteiger partial charge >= 0.3 is 6.03 Å². The molecule has 4 heterocycles. The van der Waals surface area contributed by atoms with Gasteiger partial charge in [0, 0.05) is 18.1 Å². The van der Waals surface area contributed by atoms with E-state index in [2.05, 4.69) is 35.7 Å². The highest BCUT2D eigenvalue weighted by molar-refractivity contribution is 5.93. The molecule has 2 atom stereocenters. The van der Waals surface area contributed by atoms with E-state index >= 15 is 0 Å². The predicted octanol–water partition coefficient (Wildman–Crippen LogP) is 3.31. The zero-order valence-corrected chi connectivity index (χ0v) is 22.5. The second kappa shape index (κ2) is 10.6. The maximum Gasteiger partial charge on any atom is 0.318 e. The Kier molecular flexibility index (Phi) is 7.75. The fourth-order valence-electron chi connectivity index (χ4n) is 4.30. The summed E-state index contributed by atoms with van der Waals surface area (Å²) in [6, 6.07) is -1.06. The van der Waals surface area contributed by atoms with Crippen molar-refractivity contribution in [3.05, 3.63) is 41.1 Å². The predicted molar refractivity (Wildman–Crippen MR) is 131 cm³/mol. The minimum atomic E-state index is -3.14. The molecule has 3 amide bonds. The first-order chi connectivity index (χ1) is 18.6. The van der Waals surface area contributed by atoms with E-state index in [-0.39, 0.29) is 35.8 Å². The van der Waals surface area contributed by atoms with Crippen LogP contribution in [0.4, 0.5) is 22.4 Å². The lowest BCUT2D eigenvalue weighted by Crippen LogP contribution is -2.58. The average molecular weight is 571 g/mol. The Bertz CT molecular complexity index is 1390. The summed E-state index contributed by atoms with van der Waals surface area (Å²) >= 11 is 0. The third-order valence-corrected chi connectivity index (χ3v) is 7.04. The van der Waals surface area contributed by atoms with E-state index in [1.807, 2.05) is 0 Å². The number of aromatic nitrogens is 5. The molecular weight excluding hydrogens is 540 g/mol. The molecule has 3 aromatic rings. The van der Waals surface area contributed by atoms with E-state index in [9.17, 15) is 27.2 Å². The van der Waals surface area contributed by atoms with Crippen LogP contribution in [-0.2, 0) is 4.74 Å². The summed E-state index contributed by atoms with van der Waals surface area (Å²) in [6.07, 6.45) is 2.64. The number of fused-ring (bicyclic) bond motifs is 1. The molecule has 1 saturated heterocycles. The van der Waals surface area contributed by atoms with Crippen molar-refractivity contribution in [2.75, 3.05) is 26.8 Å². The summed E-state index contributed by atoms with van der Waals surface area (Å²) in [5, 5.41) is 16.3. The molecule has 0 aliphatic carbocycles. The standard InChI is InChI=1S/C24H30F4N8O4/c1-13-19(34-40-33-13)20(37)32-15(7-22(2,3)23(4,25)26)16-9-36-18(31-16)6-14(8-30-36)17(10-39-5)35-12-24(27,28)11-29-21(35)38/h6,8-9,15,17H,7,10-12H2,1-5H3,(H,29,38)(H,32,37). The number of imidazole rings is 1. The first-order valence-electron chi connectivity index (χ1n) is 12.4. The molecule has 1 aliphatic rings. The molecule has 0 spiro atoms. The highest BCUT2D eigenvalue weighted by atomic mass is 19.3. The first-order valence-corrected chi connectivity index (χ1v) is 12.4. The molecule has 0 radical (unpaired) electrons. The summed E-state index contributed by atoms with van der Waals surface area (Å²) in [4.78, 5) is 30.8. The van der Waals surface area contributed by atoms with Crippen LogP contribution < -0.4 is 10.6 Å². The number of carbonyl (C=O) groups excluding carboxylic acids is 2. The Hall–Kier alpha value is -3.82. The van der Waals surface area contributed by atoms with E-state index in [1.54, 1.807) is 0 Å². The monoisotopic (exact) mass is 570 g/mol. The number of urea groups is 1. The largest absolute Gasteiger partial charge is 0.382 e. The molecular formula is C24H30F4N8O4. The summed E-state index contributed by atoms with van der Waals surface area (Å²) in [6.45, 7) is 3.36. The highest BCUT2D eigenvalue weighted by Crippen LogP contribution is 2.42. The van der Waals surface area contributed by atoms with Gasteiger partial charge in [0.2, 0.25) is 5.92 Å². The fourth-order valence-corrected chi connectivity index (χ4v) is 4.30. The van der Waals surface area contributed by atoms with Crippen molar-refractivity contribution in [3.8, 4) is 0 Å². The van der Waals surface area contributed by atoms with Gasteiger partial charge < -0.3 is 20.3 Å². The average Bonchev–Trinajstić information content (AvgIpc) is 3.48. The second-order valence-corrected chi connectivity index (χ2v) is 10.6. The lowest BCUT2D eigenvalue weighted by molar-refractivity contribution is -0.0959. The third-order valence-electron chi connectivity index (χ3n) is 7.04. The molecule has 2 N–H and O–H groups in total. The van der Waals surface area contributed by atoms with Gasteiger partial charge in [0.25, 0.3) is 11.8 Å². The summed E-state index contributed by atoms with van der Waals surface area (Å²) < 4.78 is 68.2. The number of halogens is 4. The van der Waals surface area contributed by atoms with Gasteiger partial charge in [0.1, 0.15) is 5.69 Å². The van der Waals surface area contributed by atoms with Crippen LogP contribution >= 0.6 is 0 Å². The highest BCUT2D eigenvalue weighted by Gasteiger charge is 2.45. The number of amides is 3. The minimum Gasteiger partial charge on any atom is -0.382 e. The number of nitrogens with one attached hydrogen (secondary N) is 2. The van der Waals surface area contributed by atoms with Gasteiger partial charge in [-0.3, -0.25) is 4.79 Å². The van der Waals surface area contributed by atoms with Gasteiger partial charge in [-0.05, 0) is 31.5 Å². The van der Waals surface area contributed by atoms with Crippen LogP contribution in [-0.4, -0.2) is 80.4 Å². The number of hydrogen-bond acceptors (Lipinski definition) is 8. The maximum absolute atomic E-state index is 14.4. The maximum atomic E-state index is 14.4. The molecule has 3 aromatic heterocycles. The van der Waals surface area contributed by atoms with Crippen LogP contribution in [0.15, 0.2) is 23.1 Å². The Labute approximate surface area is 226 Å². The fraction of sp³-hybridized carbons (Fsp3) is 0.583. The van der Waals surface area contributed by atoms with Crippen molar-refractivity contribution >= 4 is 17.6 Å². The quantitative estimate of drug-likeness (QED) is 0.354. The molecule has 218 valence electrons. The van der Waals surface area contributed by atoms with Gasteiger partial charge in [-0.1, -0.05) is 19.0 Å². The molecule has 4 rings (SSSR count). The molecule has 0 saturated carbocycles. The van der Waals surface area contributed by atoms with E-state index in [1.165, 1.54) is 50.9 Å². The van der Waals surface area contributed by atoms with E-state index in [0.29, 0.717) is 5.56 Å². The normalized spacial score (nSPS) is 17.5. The molecule has 1 aliphatic heterocycles. The van der Waals surface area contributed by atoms with Crippen LogP contribution in [0.25, 0.3) is 5.65 Å². The molecule has 12 nitrogen and oxygen atoms in total. The van der Waals surface area contributed by atoms with E-state index in [0.717, 1.165) is 11.8 Å². The van der Waals surface area contributed by atoms with Crippen molar-refractivity contribution < 1.29 is 36.5 Å². The Morgan fingerprint density at radius 1 is 1.30 bits per heavy atom. The number of rotatable bonds is 10. The summed E-state index contributed by atoms with van der Waals surface area (Å²) in [5.41, 5.74) is -0.632. The van der Waals surface area contributed by atoms with Gasteiger partial charge in [-0.15, -0.1) is 0 Å². The van der Waals surface area contributed by atoms with Crippen LogP contribution in [0.1, 0.15) is 66.7 Å². The van der Waals surface area contributed by atoms with Crippen molar-refractivity contribution in [3.63, 3.8) is 0 Å². The van der Waals surface area contributed by atoms with E-state index < -0.39 is 54.4 Å². The number of alkyl halides is 4. The van der Waals surface area contributed by atoms with Gasteiger partial charge in [-0.25, -0.2) is 36.5 Å². The van der Waals surface area contributed by atoms with Crippen molar-refractivity contribution in [2.45, 2.75) is 58.0 Å². The van der Waals surface area contributed by atoms with Gasteiger partial charge in [0.05, 0.1) is 49.9 Å². The lowest BCUT2D eigenvalue weighted by atomic mass is 9.79. The number of ether oxygens (including phenoxy) is 1. The molecule has 16 heteroatoms. The van der Waals surface area contributed by atoms with Crippen molar-refractivity contribution in [1.29, 1.82) is 0 Å². The van der Waals surface area contributed by atoms with Crippen LogP contribution in [0.5, 0.6) is 0 Å². The van der Waals surface area contributed by atoms with Crippen LogP contribution in [0.3, 0.4) is 0 Å². The summed E-state index contributed by atoms with van der Waals surface area (Å²) in [5.74, 6) is -6.94. The SMILES string of the molecule is COCC(c1cnn2cc(C(CC(C)(C)C(C)(F)F)NC(=O)c3nonc3C)nc2c1)N1CC(F)(F)CNC1=O. The zero-order valence-electron chi connectivity index (χ0n) is 22.5. The number of aryl methyl sites for hydroxylation is 1. The number of carbonyl (C=O) groups is 2. The number of hydrogen-bond donors (Lipinski definition) is 2. The number of nitrogens with zero attached hydrogens (tertiary/aromatic N) is 6. The smallest absolute Gasteiger partial charge is 0.318 e. The van der Waals surface area contributed by atoms with Gasteiger partial charge in [-0.2, -0.15) is 5.10 Å². The third kappa shape index (κ3) is 6.00. The van der Waals surface area contributed by atoms with Gasteiger partial charge in [0.15, 0.2) is 11.3 Å². The van der Waals surface area contributed by atoms with Crippen molar-refractivity contribution in [1.82, 2.24) is 40.4 Å². The Morgan fingerprint density at radius 3 is 2.65 bits per heavy atom. The zero-order chi connectivity index (χ0) is 29.5. The minimum absolute atomic E-state index is 0.0987. The lowest BCUT2D eigenvalue weighted by Gasteiger charge is -2.38. The second-order valence-electron chi connectivity index (χ2n) is 10.6. The van der Waals surface area contributed by atoms with Crippen LogP contribution in [0.2, 0.25) is 0 Å². The van der Waals surface area contributed by atoms with E-state index in [4.69, 9.17) is 4.74 Å². The molecule has 0 aromatic carbocycles. The summed E-state index contributed by atoms with van der Waals surface area (Å²) in [7, 11) is 1.37. The molecule has 0 bridgehead atoms. The number of methoxy groups -OCH3 is 1.